The van der Waals surface area contributed by atoms with Crippen LogP contribution < -0.4 is 5.73 Å². The standard InChI is InChI=1S/C8H8ClF3N2S.ClH/c9-6-3-5(8(10,11)12)4-7(14-6)15-2-1-13;/h3-4H,1-2,13H2;1H. The molecule has 0 fully saturated rings. The Morgan fingerprint density at radius 1 is 1.38 bits per heavy atom. The van der Waals surface area contributed by atoms with E-state index in [0.717, 1.165) is 23.9 Å². The maximum atomic E-state index is 12.3. The van der Waals surface area contributed by atoms with Gasteiger partial charge in [0, 0.05) is 12.3 Å². The third-order valence-corrected chi connectivity index (χ3v) is 2.60. The first kappa shape index (κ1) is 15.8. The van der Waals surface area contributed by atoms with Gasteiger partial charge >= 0.3 is 6.18 Å². The summed E-state index contributed by atoms with van der Waals surface area (Å²) in [5.41, 5.74) is 4.44. The summed E-state index contributed by atoms with van der Waals surface area (Å²) in [7, 11) is 0. The molecule has 2 N–H and O–H groups in total. The molecule has 2 nitrogen and oxygen atoms in total. The first-order valence-electron chi connectivity index (χ1n) is 4.01. The molecule has 0 saturated carbocycles. The number of hydrogen-bond acceptors (Lipinski definition) is 3. The molecule has 0 aliphatic carbocycles. The number of aromatic nitrogens is 1. The van der Waals surface area contributed by atoms with Crippen molar-refractivity contribution in [3.8, 4) is 0 Å². The summed E-state index contributed by atoms with van der Waals surface area (Å²) >= 11 is 6.62. The molecule has 1 heterocycles. The number of halogens is 5. The number of thioether (sulfide) groups is 1. The van der Waals surface area contributed by atoms with Gasteiger partial charge in [0.15, 0.2) is 0 Å². The predicted molar refractivity (Wildman–Crippen MR) is 61.3 cm³/mol. The fourth-order valence-electron chi connectivity index (χ4n) is 0.874. The van der Waals surface area contributed by atoms with Crippen LogP contribution in [0.5, 0.6) is 0 Å². The molecule has 0 radical (unpaired) electrons. The Morgan fingerprint density at radius 2 is 2.00 bits per heavy atom. The highest BCUT2D eigenvalue weighted by Crippen LogP contribution is 2.32. The van der Waals surface area contributed by atoms with E-state index in [4.69, 9.17) is 17.3 Å². The van der Waals surface area contributed by atoms with Gasteiger partial charge in [0.05, 0.1) is 10.6 Å². The molecule has 0 aliphatic rings. The van der Waals surface area contributed by atoms with Gasteiger partial charge in [-0.3, -0.25) is 0 Å². The highest BCUT2D eigenvalue weighted by Gasteiger charge is 2.31. The Labute approximate surface area is 106 Å². The maximum absolute atomic E-state index is 12.3. The molecule has 0 amide bonds. The van der Waals surface area contributed by atoms with E-state index in [0.29, 0.717) is 12.3 Å². The molecule has 0 aromatic carbocycles. The van der Waals surface area contributed by atoms with Crippen molar-refractivity contribution in [3.05, 3.63) is 22.8 Å². The van der Waals surface area contributed by atoms with Crippen LogP contribution in [0.25, 0.3) is 0 Å². The zero-order valence-corrected chi connectivity index (χ0v) is 10.3. The van der Waals surface area contributed by atoms with Crippen LogP contribution in [0.4, 0.5) is 13.2 Å². The average molecular weight is 293 g/mol. The second kappa shape index (κ2) is 6.54. The molecule has 0 atom stereocenters. The first-order valence-corrected chi connectivity index (χ1v) is 5.37. The van der Waals surface area contributed by atoms with Crippen LogP contribution in [0.2, 0.25) is 5.15 Å². The van der Waals surface area contributed by atoms with Crippen molar-refractivity contribution >= 4 is 35.8 Å². The van der Waals surface area contributed by atoms with E-state index in [9.17, 15) is 13.2 Å². The highest BCUT2D eigenvalue weighted by atomic mass is 35.5. The van der Waals surface area contributed by atoms with Crippen molar-refractivity contribution < 1.29 is 13.2 Å². The Bertz CT molecular complexity index is 347. The fraction of sp³-hybridized carbons (Fsp3) is 0.375. The van der Waals surface area contributed by atoms with Gasteiger partial charge in [-0.2, -0.15) is 13.2 Å². The summed E-state index contributed by atoms with van der Waals surface area (Å²) in [5.74, 6) is 0.505. The summed E-state index contributed by atoms with van der Waals surface area (Å²) in [6, 6.07) is 1.76. The van der Waals surface area contributed by atoms with Crippen molar-refractivity contribution in [1.29, 1.82) is 0 Å². The molecule has 92 valence electrons. The molecular weight excluding hydrogens is 284 g/mol. The lowest BCUT2D eigenvalue weighted by Gasteiger charge is -2.08. The second-order valence-corrected chi connectivity index (χ2v) is 4.15. The quantitative estimate of drug-likeness (QED) is 0.687. The topological polar surface area (TPSA) is 38.9 Å². The second-order valence-electron chi connectivity index (χ2n) is 2.65. The minimum Gasteiger partial charge on any atom is -0.330 e. The van der Waals surface area contributed by atoms with Crippen LogP contribution >= 0.6 is 35.8 Å². The Hall–Kier alpha value is -0.170. The Morgan fingerprint density at radius 3 is 2.50 bits per heavy atom. The summed E-state index contributed by atoms with van der Waals surface area (Å²) < 4.78 is 37.0. The van der Waals surface area contributed by atoms with Gasteiger partial charge in [-0.25, -0.2) is 4.98 Å². The minimum atomic E-state index is -4.40. The third kappa shape index (κ3) is 4.78. The SMILES string of the molecule is Cl.NCCSc1cc(C(F)(F)F)cc(Cl)n1. The minimum absolute atomic E-state index is 0. The van der Waals surface area contributed by atoms with Crippen LogP contribution in [0.1, 0.15) is 5.56 Å². The van der Waals surface area contributed by atoms with Crippen LogP contribution in [-0.2, 0) is 6.18 Å². The summed E-state index contributed by atoms with van der Waals surface area (Å²) in [6.07, 6.45) is -4.40. The van der Waals surface area contributed by atoms with Crippen molar-refractivity contribution in [2.24, 2.45) is 5.73 Å². The van der Waals surface area contributed by atoms with E-state index in [1.165, 1.54) is 0 Å². The molecule has 1 aromatic heterocycles. The van der Waals surface area contributed by atoms with Gasteiger partial charge in [-0.15, -0.1) is 24.2 Å². The number of nitrogens with two attached hydrogens (primary N) is 1. The molecule has 0 bridgehead atoms. The van der Waals surface area contributed by atoms with Crippen LogP contribution in [-0.4, -0.2) is 17.3 Å². The van der Waals surface area contributed by atoms with Gasteiger partial charge in [0.25, 0.3) is 0 Å². The molecule has 0 aliphatic heterocycles. The zero-order valence-electron chi connectivity index (χ0n) is 7.92. The lowest BCUT2D eigenvalue weighted by molar-refractivity contribution is -0.137. The van der Waals surface area contributed by atoms with Gasteiger partial charge in [0.2, 0.25) is 0 Å². The van der Waals surface area contributed by atoms with Crippen molar-refractivity contribution in [2.45, 2.75) is 11.2 Å². The molecule has 0 spiro atoms. The Balaban J connectivity index is 0.00000225. The summed E-state index contributed by atoms with van der Waals surface area (Å²) in [4.78, 5) is 3.76. The van der Waals surface area contributed by atoms with E-state index in [2.05, 4.69) is 4.98 Å². The van der Waals surface area contributed by atoms with Gasteiger partial charge < -0.3 is 5.73 Å². The summed E-state index contributed by atoms with van der Waals surface area (Å²) in [5, 5.41) is 0.0737. The molecule has 1 aromatic rings. The van der Waals surface area contributed by atoms with E-state index in [1.807, 2.05) is 0 Å². The largest absolute Gasteiger partial charge is 0.416 e. The van der Waals surface area contributed by atoms with E-state index >= 15 is 0 Å². The Kier molecular flexibility index (Phi) is 6.47. The molecule has 16 heavy (non-hydrogen) atoms. The first-order chi connectivity index (χ1) is 6.93. The molecule has 0 saturated heterocycles. The molecule has 1 rings (SSSR count). The third-order valence-electron chi connectivity index (χ3n) is 1.47. The van der Waals surface area contributed by atoms with Gasteiger partial charge in [-0.05, 0) is 12.1 Å². The van der Waals surface area contributed by atoms with Gasteiger partial charge in [0.1, 0.15) is 5.15 Å². The maximum Gasteiger partial charge on any atom is 0.416 e. The van der Waals surface area contributed by atoms with E-state index in [-0.39, 0.29) is 22.6 Å². The van der Waals surface area contributed by atoms with E-state index < -0.39 is 11.7 Å². The lowest BCUT2D eigenvalue weighted by atomic mass is 10.3. The fourth-order valence-corrected chi connectivity index (χ4v) is 1.83. The van der Waals surface area contributed by atoms with Crippen molar-refractivity contribution in [3.63, 3.8) is 0 Å². The van der Waals surface area contributed by atoms with Crippen molar-refractivity contribution in [1.82, 2.24) is 4.98 Å². The molecule has 8 heteroatoms. The van der Waals surface area contributed by atoms with Crippen LogP contribution in [0.15, 0.2) is 17.2 Å². The predicted octanol–water partition coefficient (Wildman–Crippen LogP) is 3.23. The normalized spacial score (nSPS) is 11.1. The van der Waals surface area contributed by atoms with Crippen LogP contribution in [0.3, 0.4) is 0 Å². The van der Waals surface area contributed by atoms with Crippen LogP contribution in [0, 0.1) is 0 Å². The molecular formula is C8H9Cl2F3N2S. The molecule has 0 unspecified atom stereocenters. The average Bonchev–Trinajstić information content (AvgIpc) is 2.12. The van der Waals surface area contributed by atoms with Gasteiger partial charge in [-0.1, -0.05) is 11.6 Å². The number of rotatable bonds is 3. The monoisotopic (exact) mass is 292 g/mol. The number of hydrogen-bond donors (Lipinski definition) is 1. The smallest absolute Gasteiger partial charge is 0.330 e. The lowest BCUT2D eigenvalue weighted by Crippen LogP contribution is -2.06. The van der Waals surface area contributed by atoms with Crippen molar-refractivity contribution in [2.75, 3.05) is 12.3 Å². The number of alkyl halides is 3. The number of pyridine rings is 1. The zero-order chi connectivity index (χ0) is 11.5. The van der Waals surface area contributed by atoms with E-state index in [1.54, 1.807) is 0 Å². The number of nitrogens with zero attached hydrogens (tertiary/aromatic N) is 1. The summed E-state index contributed by atoms with van der Waals surface area (Å²) in [6.45, 7) is 0.375. The highest BCUT2D eigenvalue weighted by molar-refractivity contribution is 7.99.